The summed E-state index contributed by atoms with van der Waals surface area (Å²) in [6.45, 7) is -0.222. The molecule has 0 unspecified atom stereocenters. The molecule has 3 heterocycles. The minimum absolute atomic E-state index is 0.0215. The van der Waals surface area contributed by atoms with Gasteiger partial charge in [-0.3, -0.25) is 13.8 Å². The number of fused-ring (bicyclic) bond motifs is 3. The van der Waals surface area contributed by atoms with Crippen LogP contribution in [-0.2, 0) is 28.2 Å². The van der Waals surface area contributed by atoms with Crippen LogP contribution in [-0.4, -0.2) is 39.8 Å². The first-order valence-corrected chi connectivity index (χ1v) is 11.3. The van der Waals surface area contributed by atoms with Crippen LogP contribution in [0.3, 0.4) is 0 Å². The van der Waals surface area contributed by atoms with E-state index in [2.05, 4.69) is 10.2 Å². The molecule has 9 nitrogen and oxygen atoms in total. The highest BCUT2D eigenvalue weighted by atomic mass is 35.5. The zero-order chi connectivity index (χ0) is 20.9. The lowest BCUT2D eigenvalue weighted by Crippen LogP contribution is -2.19. The molecule has 0 saturated heterocycles. The predicted molar refractivity (Wildman–Crippen MR) is 107 cm³/mol. The Kier molecular flexibility index (Phi) is 4.68. The van der Waals surface area contributed by atoms with Crippen LogP contribution in [0.4, 0.5) is 0 Å². The lowest BCUT2D eigenvalue weighted by Gasteiger charge is -2.08. The number of ether oxygens (including phenoxy) is 1. The van der Waals surface area contributed by atoms with Gasteiger partial charge in [-0.25, -0.2) is 13.2 Å². The number of thiophene rings is 1. The monoisotopic (exact) mass is 452 g/mol. The van der Waals surface area contributed by atoms with Gasteiger partial charge in [0.25, 0.3) is 5.56 Å². The van der Waals surface area contributed by atoms with Crippen molar-refractivity contribution in [1.29, 1.82) is 0 Å². The molecule has 4 rings (SSSR count). The van der Waals surface area contributed by atoms with Crippen molar-refractivity contribution in [1.82, 2.24) is 19.2 Å². The van der Waals surface area contributed by atoms with Gasteiger partial charge >= 0.3 is 5.97 Å². The summed E-state index contributed by atoms with van der Waals surface area (Å²) < 4.78 is 32.4. The molecule has 0 aliphatic rings. The summed E-state index contributed by atoms with van der Waals surface area (Å²) in [6.07, 6.45) is 1.00. The summed E-state index contributed by atoms with van der Waals surface area (Å²) in [5.41, 5.74) is 0.472. The quantitative estimate of drug-likeness (QED) is 0.435. The topological polar surface area (TPSA) is 113 Å². The Balaban J connectivity index is 1.68. The van der Waals surface area contributed by atoms with Crippen molar-refractivity contribution >= 4 is 54.7 Å². The summed E-state index contributed by atoms with van der Waals surface area (Å²) in [5, 5.41) is 9.84. The number of halogens is 1. The number of rotatable bonds is 4. The average Bonchev–Trinajstić information content (AvgIpc) is 3.30. The maximum atomic E-state index is 12.4. The second kappa shape index (κ2) is 6.94. The first-order chi connectivity index (χ1) is 13.7. The smallest absolute Gasteiger partial charge is 0.338 e. The molecule has 0 amide bonds. The van der Waals surface area contributed by atoms with E-state index in [4.69, 9.17) is 16.3 Å². The number of hydrogen-bond donors (Lipinski definition) is 0. The Morgan fingerprint density at radius 3 is 2.76 bits per heavy atom. The minimum Gasteiger partial charge on any atom is -0.454 e. The normalized spacial score (nSPS) is 12.0. The van der Waals surface area contributed by atoms with E-state index in [0.717, 1.165) is 6.26 Å². The fourth-order valence-corrected chi connectivity index (χ4v) is 5.03. The molecule has 3 aromatic heterocycles. The average molecular weight is 453 g/mol. The van der Waals surface area contributed by atoms with Crippen molar-refractivity contribution in [2.24, 2.45) is 7.05 Å². The maximum Gasteiger partial charge on any atom is 0.338 e. The van der Waals surface area contributed by atoms with Crippen LogP contribution in [0.15, 0.2) is 39.3 Å². The molecule has 0 N–H and O–H groups in total. The molecule has 4 aromatic rings. The first-order valence-electron chi connectivity index (χ1n) is 8.15. The van der Waals surface area contributed by atoms with Crippen LogP contribution in [0, 0.1) is 0 Å². The van der Waals surface area contributed by atoms with Gasteiger partial charge in [-0.05, 0) is 29.6 Å². The number of esters is 1. The second-order valence-corrected chi connectivity index (χ2v) is 9.55. The highest BCUT2D eigenvalue weighted by Crippen LogP contribution is 2.23. The van der Waals surface area contributed by atoms with Crippen LogP contribution in [0.1, 0.15) is 16.2 Å². The molecule has 12 heteroatoms. The van der Waals surface area contributed by atoms with E-state index in [-0.39, 0.29) is 27.6 Å². The van der Waals surface area contributed by atoms with Crippen LogP contribution in [0.2, 0.25) is 5.02 Å². The van der Waals surface area contributed by atoms with Crippen LogP contribution >= 0.6 is 22.9 Å². The zero-order valence-corrected chi connectivity index (χ0v) is 17.5. The molecule has 0 aliphatic carbocycles. The zero-order valence-electron chi connectivity index (χ0n) is 15.1. The lowest BCUT2D eigenvalue weighted by atomic mass is 10.2. The van der Waals surface area contributed by atoms with Gasteiger partial charge in [0.2, 0.25) is 5.78 Å². The van der Waals surface area contributed by atoms with E-state index < -0.39 is 15.8 Å². The Bertz CT molecular complexity index is 1450. The molecule has 1 aromatic carbocycles. The highest BCUT2D eigenvalue weighted by Gasteiger charge is 2.19. The van der Waals surface area contributed by atoms with Gasteiger partial charge in [0.15, 0.2) is 22.3 Å². The second-order valence-electron chi connectivity index (χ2n) is 6.24. The standard InChI is InChI=1S/C17H13ClN4O5S2/c1-21-15(23)14-11(5-6-28-14)22-13(19-20-17(21)22)8-27-16(24)9-3-4-10(18)12(7-9)29(2,25)26/h3-7H,8H2,1-2H3. The van der Waals surface area contributed by atoms with Crippen molar-refractivity contribution in [2.45, 2.75) is 11.5 Å². The van der Waals surface area contributed by atoms with Gasteiger partial charge in [-0.2, -0.15) is 0 Å². The number of sulfone groups is 1. The Morgan fingerprint density at radius 1 is 1.28 bits per heavy atom. The molecule has 0 fully saturated rings. The van der Waals surface area contributed by atoms with Gasteiger partial charge in [-0.15, -0.1) is 21.5 Å². The van der Waals surface area contributed by atoms with Crippen molar-refractivity contribution in [3.05, 3.63) is 56.4 Å². The Morgan fingerprint density at radius 2 is 2.03 bits per heavy atom. The van der Waals surface area contributed by atoms with Crippen molar-refractivity contribution in [3.63, 3.8) is 0 Å². The SMILES string of the molecule is Cn1c(=O)c2sccc2n2c(COC(=O)c3ccc(Cl)c(S(C)(=O)=O)c3)nnc12. The van der Waals surface area contributed by atoms with E-state index in [9.17, 15) is 18.0 Å². The fraction of sp³-hybridized carbons (Fsp3) is 0.176. The first kappa shape index (κ1) is 19.6. The third kappa shape index (κ3) is 3.30. The summed E-state index contributed by atoms with van der Waals surface area (Å²) >= 11 is 7.20. The lowest BCUT2D eigenvalue weighted by molar-refractivity contribution is 0.0461. The van der Waals surface area contributed by atoms with Crippen LogP contribution in [0.25, 0.3) is 16.0 Å². The minimum atomic E-state index is -3.60. The highest BCUT2D eigenvalue weighted by molar-refractivity contribution is 7.90. The number of benzene rings is 1. The van der Waals surface area contributed by atoms with Crippen molar-refractivity contribution in [2.75, 3.05) is 6.26 Å². The van der Waals surface area contributed by atoms with Gasteiger partial charge in [0, 0.05) is 13.3 Å². The molecule has 0 bridgehead atoms. The van der Waals surface area contributed by atoms with E-state index in [1.54, 1.807) is 22.9 Å². The Hall–Kier alpha value is -2.76. The van der Waals surface area contributed by atoms with E-state index >= 15 is 0 Å². The molecule has 29 heavy (non-hydrogen) atoms. The third-order valence-corrected chi connectivity index (χ3v) is 6.77. The van der Waals surface area contributed by atoms with Gasteiger partial charge in [0.1, 0.15) is 4.70 Å². The molecule has 0 saturated carbocycles. The largest absolute Gasteiger partial charge is 0.454 e. The number of nitrogens with zero attached hydrogens (tertiary/aromatic N) is 4. The summed E-state index contributed by atoms with van der Waals surface area (Å²) in [6, 6.07) is 5.64. The van der Waals surface area contributed by atoms with Gasteiger partial charge in [0.05, 0.1) is 21.0 Å². The van der Waals surface area contributed by atoms with Crippen molar-refractivity contribution < 1.29 is 17.9 Å². The molecular formula is C17H13ClN4O5S2. The van der Waals surface area contributed by atoms with E-state index in [1.165, 1.54) is 34.1 Å². The van der Waals surface area contributed by atoms with E-state index in [1.807, 2.05) is 0 Å². The number of carbonyl (C=O) groups excluding carboxylic acids is 1. The van der Waals surface area contributed by atoms with Crippen molar-refractivity contribution in [3.8, 4) is 0 Å². The number of aryl methyl sites for hydroxylation is 1. The number of aromatic nitrogens is 4. The molecule has 0 spiro atoms. The summed E-state index contributed by atoms with van der Waals surface area (Å²) in [4.78, 5) is 24.6. The molecule has 150 valence electrons. The molecule has 0 radical (unpaired) electrons. The molecule has 0 atom stereocenters. The van der Waals surface area contributed by atoms with Gasteiger partial charge < -0.3 is 4.74 Å². The maximum absolute atomic E-state index is 12.4. The fourth-order valence-electron chi connectivity index (χ4n) is 2.87. The van der Waals surface area contributed by atoms with Crippen LogP contribution in [0.5, 0.6) is 0 Å². The predicted octanol–water partition coefficient (Wildman–Crippen LogP) is 2.06. The number of carbonyl (C=O) groups is 1. The van der Waals surface area contributed by atoms with Gasteiger partial charge in [-0.1, -0.05) is 11.6 Å². The number of hydrogen-bond acceptors (Lipinski definition) is 8. The summed E-state index contributed by atoms with van der Waals surface area (Å²) in [5.74, 6) is -0.0999. The van der Waals surface area contributed by atoms with E-state index in [0.29, 0.717) is 21.8 Å². The Labute approximate surface area is 173 Å². The van der Waals surface area contributed by atoms with Crippen LogP contribution < -0.4 is 5.56 Å². The summed E-state index contributed by atoms with van der Waals surface area (Å²) in [7, 11) is -2.02. The molecule has 0 aliphatic heterocycles. The molecular weight excluding hydrogens is 440 g/mol. The third-order valence-electron chi connectivity index (χ3n) is 4.30.